The van der Waals surface area contributed by atoms with Crippen LogP contribution in [-0.2, 0) is 11.3 Å². The summed E-state index contributed by atoms with van der Waals surface area (Å²) < 4.78 is 5.44. The summed E-state index contributed by atoms with van der Waals surface area (Å²) in [5, 5.41) is 4.15. The molecule has 7 nitrogen and oxygen atoms in total. The highest BCUT2D eigenvalue weighted by molar-refractivity contribution is 5.78. The van der Waals surface area contributed by atoms with Gasteiger partial charge in [-0.05, 0) is 37.3 Å². The Labute approximate surface area is 179 Å². The van der Waals surface area contributed by atoms with Gasteiger partial charge in [-0.25, -0.2) is 0 Å². The zero-order valence-electron chi connectivity index (χ0n) is 18.4. The van der Waals surface area contributed by atoms with Gasteiger partial charge in [0.15, 0.2) is 5.82 Å². The summed E-state index contributed by atoms with van der Waals surface area (Å²) in [5.41, 5.74) is 2.16. The van der Waals surface area contributed by atoms with Crippen molar-refractivity contribution in [2.24, 2.45) is 11.8 Å². The first-order valence-electron chi connectivity index (χ1n) is 11.1. The minimum Gasteiger partial charge on any atom is -0.341 e. The molecule has 2 aliphatic heterocycles. The number of piperazine rings is 1. The Morgan fingerprint density at radius 2 is 1.67 bits per heavy atom. The molecule has 2 aromatic rings. The maximum absolute atomic E-state index is 12.7. The number of amides is 1. The third-order valence-corrected chi connectivity index (χ3v) is 6.18. The molecule has 0 unspecified atom stereocenters. The van der Waals surface area contributed by atoms with E-state index in [4.69, 9.17) is 4.52 Å². The Balaban J connectivity index is 1.24. The van der Waals surface area contributed by atoms with Crippen LogP contribution in [0.15, 0.2) is 28.8 Å². The molecule has 0 spiro atoms. The zero-order valence-corrected chi connectivity index (χ0v) is 18.4. The van der Waals surface area contributed by atoms with Crippen LogP contribution >= 0.6 is 0 Å². The maximum Gasteiger partial charge on any atom is 0.257 e. The summed E-state index contributed by atoms with van der Waals surface area (Å²) in [4.78, 5) is 24.0. The summed E-state index contributed by atoms with van der Waals surface area (Å²) in [7, 11) is 0. The van der Waals surface area contributed by atoms with E-state index >= 15 is 0 Å². The van der Waals surface area contributed by atoms with Gasteiger partial charge in [0.2, 0.25) is 5.91 Å². The van der Waals surface area contributed by atoms with Gasteiger partial charge in [0, 0.05) is 44.8 Å². The second kappa shape index (κ2) is 9.27. The SMILES string of the molecule is Cc1ccc(-c2nc(CN3CCN(CC(=O)N4C[C@H](C)C[C@H](C)C4)CC3)no2)cc1. The topological polar surface area (TPSA) is 65.7 Å². The molecule has 2 aliphatic rings. The Morgan fingerprint density at radius 1 is 1.03 bits per heavy atom. The van der Waals surface area contributed by atoms with Crippen molar-refractivity contribution in [2.45, 2.75) is 33.7 Å². The van der Waals surface area contributed by atoms with Crippen molar-refractivity contribution in [2.75, 3.05) is 45.8 Å². The molecule has 7 heteroatoms. The van der Waals surface area contributed by atoms with E-state index in [1.54, 1.807) is 0 Å². The van der Waals surface area contributed by atoms with Gasteiger partial charge in [-0.2, -0.15) is 4.98 Å². The number of hydrogen-bond donors (Lipinski definition) is 0. The molecular weight excluding hydrogens is 378 g/mol. The molecule has 1 aromatic carbocycles. The molecule has 30 heavy (non-hydrogen) atoms. The number of aryl methyl sites for hydroxylation is 1. The quantitative estimate of drug-likeness (QED) is 0.754. The van der Waals surface area contributed by atoms with E-state index < -0.39 is 0 Å². The lowest BCUT2D eigenvalue weighted by Gasteiger charge is -2.38. The molecule has 4 rings (SSSR count). The van der Waals surface area contributed by atoms with Gasteiger partial charge in [0.25, 0.3) is 5.89 Å². The van der Waals surface area contributed by atoms with Gasteiger partial charge in [-0.1, -0.05) is 36.7 Å². The van der Waals surface area contributed by atoms with Gasteiger partial charge in [-0.15, -0.1) is 0 Å². The Bertz CT molecular complexity index is 832. The lowest BCUT2D eigenvalue weighted by atomic mass is 9.92. The molecule has 0 saturated carbocycles. The fourth-order valence-corrected chi connectivity index (χ4v) is 4.59. The van der Waals surface area contributed by atoms with Crippen molar-refractivity contribution in [3.8, 4) is 11.5 Å². The molecule has 0 radical (unpaired) electrons. The first kappa shape index (κ1) is 21.0. The minimum atomic E-state index is 0.280. The third kappa shape index (κ3) is 5.26. The highest BCUT2D eigenvalue weighted by Gasteiger charge is 2.27. The van der Waals surface area contributed by atoms with Gasteiger partial charge >= 0.3 is 0 Å². The van der Waals surface area contributed by atoms with Crippen LogP contribution in [0, 0.1) is 18.8 Å². The molecule has 1 aromatic heterocycles. The van der Waals surface area contributed by atoms with E-state index in [1.165, 1.54) is 12.0 Å². The van der Waals surface area contributed by atoms with Crippen LogP contribution in [0.25, 0.3) is 11.5 Å². The largest absolute Gasteiger partial charge is 0.341 e. The fourth-order valence-electron chi connectivity index (χ4n) is 4.59. The Kier molecular flexibility index (Phi) is 6.49. The first-order chi connectivity index (χ1) is 14.5. The smallest absolute Gasteiger partial charge is 0.257 e. The normalized spacial score (nSPS) is 23.6. The predicted molar refractivity (Wildman–Crippen MR) is 116 cm³/mol. The molecular formula is C23H33N5O2. The van der Waals surface area contributed by atoms with E-state index in [9.17, 15) is 4.79 Å². The van der Waals surface area contributed by atoms with E-state index in [2.05, 4.69) is 45.6 Å². The number of hydrogen-bond acceptors (Lipinski definition) is 6. The van der Waals surface area contributed by atoms with Crippen molar-refractivity contribution in [1.29, 1.82) is 0 Å². The van der Waals surface area contributed by atoms with Crippen molar-refractivity contribution < 1.29 is 9.32 Å². The van der Waals surface area contributed by atoms with Gasteiger partial charge < -0.3 is 9.42 Å². The summed E-state index contributed by atoms with van der Waals surface area (Å²) in [6.45, 7) is 13.2. The average molecular weight is 412 g/mol. The van der Waals surface area contributed by atoms with Crippen LogP contribution in [0.4, 0.5) is 0 Å². The summed E-state index contributed by atoms with van der Waals surface area (Å²) in [6.07, 6.45) is 1.23. The zero-order chi connectivity index (χ0) is 21.1. The fraction of sp³-hybridized carbons (Fsp3) is 0.609. The number of aromatic nitrogens is 2. The third-order valence-electron chi connectivity index (χ3n) is 6.18. The molecule has 1 amide bonds. The number of likely N-dealkylation sites (tertiary alicyclic amines) is 1. The molecule has 0 bridgehead atoms. The number of benzene rings is 1. The standard InChI is InChI=1S/C23H33N5O2/c1-17-4-6-20(7-5-17)23-24-21(25-30-23)15-26-8-10-27(11-9-26)16-22(29)28-13-18(2)12-19(3)14-28/h4-7,18-19H,8-16H2,1-3H3/t18-,19+. The van der Waals surface area contributed by atoms with Crippen LogP contribution in [0.5, 0.6) is 0 Å². The lowest BCUT2D eigenvalue weighted by molar-refractivity contribution is -0.135. The summed E-state index contributed by atoms with van der Waals surface area (Å²) >= 11 is 0. The van der Waals surface area contributed by atoms with Gasteiger partial charge in [-0.3, -0.25) is 14.6 Å². The van der Waals surface area contributed by atoms with Crippen LogP contribution in [0.3, 0.4) is 0 Å². The van der Waals surface area contributed by atoms with Crippen molar-refractivity contribution in [1.82, 2.24) is 24.8 Å². The molecule has 162 valence electrons. The highest BCUT2D eigenvalue weighted by Crippen LogP contribution is 2.21. The molecule has 0 aliphatic carbocycles. The number of rotatable bonds is 5. The van der Waals surface area contributed by atoms with Crippen LogP contribution in [-0.4, -0.2) is 76.6 Å². The second-order valence-corrected chi connectivity index (χ2v) is 9.18. The Morgan fingerprint density at radius 3 is 2.33 bits per heavy atom. The molecule has 2 fully saturated rings. The first-order valence-corrected chi connectivity index (χ1v) is 11.1. The van der Waals surface area contributed by atoms with Crippen molar-refractivity contribution >= 4 is 5.91 Å². The van der Waals surface area contributed by atoms with Gasteiger partial charge in [0.1, 0.15) is 0 Å². The predicted octanol–water partition coefficient (Wildman–Crippen LogP) is 2.67. The van der Waals surface area contributed by atoms with Gasteiger partial charge in [0.05, 0.1) is 13.1 Å². The van der Waals surface area contributed by atoms with Crippen LogP contribution in [0.1, 0.15) is 31.7 Å². The summed E-state index contributed by atoms with van der Waals surface area (Å²) in [5.74, 6) is 2.77. The molecule has 3 heterocycles. The second-order valence-electron chi connectivity index (χ2n) is 9.18. The summed E-state index contributed by atoms with van der Waals surface area (Å²) in [6, 6.07) is 8.11. The average Bonchev–Trinajstić information content (AvgIpc) is 3.18. The maximum atomic E-state index is 12.7. The molecule has 2 atom stereocenters. The Hall–Kier alpha value is -2.25. The van der Waals surface area contributed by atoms with Crippen LogP contribution < -0.4 is 0 Å². The minimum absolute atomic E-state index is 0.280. The van der Waals surface area contributed by atoms with E-state index in [0.717, 1.165) is 44.8 Å². The van der Waals surface area contributed by atoms with E-state index in [-0.39, 0.29) is 5.91 Å². The van der Waals surface area contributed by atoms with Crippen molar-refractivity contribution in [3.63, 3.8) is 0 Å². The number of piperidine rings is 1. The number of carbonyl (C=O) groups is 1. The highest BCUT2D eigenvalue weighted by atomic mass is 16.5. The van der Waals surface area contributed by atoms with Crippen molar-refractivity contribution in [3.05, 3.63) is 35.7 Å². The lowest BCUT2D eigenvalue weighted by Crippen LogP contribution is -2.51. The molecule has 0 N–H and O–H groups in total. The molecule has 2 saturated heterocycles. The number of carbonyl (C=O) groups excluding carboxylic acids is 1. The van der Waals surface area contributed by atoms with Crippen LogP contribution in [0.2, 0.25) is 0 Å². The van der Waals surface area contributed by atoms with E-state index in [1.807, 2.05) is 24.3 Å². The monoisotopic (exact) mass is 411 g/mol. The number of nitrogens with zero attached hydrogens (tertiary/aromatic N) is 5. The van der Waals surface area contributed by atoms with E-state index in [0.29, 0.717) is 36.6 Å².